The van der Waals surface area contributed by atoms with Crippen molar-refractivity contribution >= 4 is 11.0 Å². The summed E-state index contributed by atoms with van der Waals surface area (Å²) in [5.41, 5.74) is 3.54. The first-order valence-corrected chi connectivity index (χ1v) is 8.68. The molecule has 4 rings (SSSR count). The van der Waals surface area contributed by atoms with Crippen molar-refractivity contribution in [2.24, 2.45) is 0 Å². The number of benzene rings is 3. The number of halogens is 4. The van der Waals surface area contributed by atoms with Gasteiger partial charge in [-0.3, -0.25) is 0 Å². The Morgan fingerprint density at radius 1 is 0.750 bits per heavy atom. The Morgan fingerprint density at radius 2 is 1.39 bits per heavy atom. The Hall–Kier alpha value is -2.60. The molecule has 0 aliphatic rings. The van der Waals surface area contributed by atoms with Crippen molar-refractivity contribution in [3.63, 3.8) is 0 Å². The number of para-hydroxylation sites is 2. The van der Waals surface area contributed by atoms with Gasteiger partial charge in [-0.15, -0.1) is 0 Å². The van der Waals surface area contributed by atoms with Crippen molar-refractivity contribution in [1.29, 1.82) is 0 Å². The number of hydrogen-bond acceptors (Lipinski definition) is 0. The van der Waals surface area contributed by atoms with E-state index in [1.807, 2.05) is 42.7 Å². The molecule has 0 bridgehead atoms. The topological polar surface area (TPSA) is 8.81 Å². The third-order valence-corrected chi connectivity index (χ3v) is 4.61. The summed E-state index contributed by atoms with van der Waals surface area (Å²) in [7, 11) is 0. The van der Waals surface area contributed by atoms with Crippen LogP contribution in [-0.2, 0) is 19.3 Å². The van der Waals surface area contributed by atoms with Crippen molar-refractivity contribution in [3.05, 3.63) is 102 Å². The van der Waals surface area contributed by atoms with Crippen LogP contribution in [0.3, 0.4) is 0 Å². The summed E-state index contributed by atoms with van der Waals surface area (Å²) >= 11 is 0. The molecule has 0 saturated carbocycles. The van der Waals surface area contributed by atoms with Crippen molar-refractivity contribution < 1.29 is 34.7 Å². The molecule has 6 heteroatoms. The van der Waals surface area contributed by atoms with Crippen molar-refractivity contribution in [1.82, 2.24) is 4.57 Å². The van der Waals surface area contributed by atoms with Gasteiger partial charge in [-0.2, -0.15) is 13.2 Å². The molecule has 0 saturated heterocycles. The number of alkyl halides is 3. The molecule has 144 valence electrons. The van der Waals surface area contributed by atoms with Gasteiger partial charge in [0.15, 0.2) is 11.0 Å². The molecule has 0 aliphatic heterocycles. The maximum Gasteiger partial charge on any atom is 0.416 e. The van der Waals surface area contributed by atoms with E-state index in [1.54, 1.807) is 12.1 Å². The van der Waals surface area contributed by atoms with Crippen LogP contribution in [0.5, 0.6) is 0 Å². The predicted octanol–water partition coefficient (Wildman–Crippen LogP) is 2.05. The van der Waals surface area contributed by atoms with Crippen molar-refractivity contribution in [2.75, 3.05) is 0 Å². The van der Waals surface area contributed by atoms with Crippen LogP contribution in [0.1, 0.15) is 16.7 Å². The van der Waals surface area contributed by atoms with E-state index in [2.05, 4.69) is 27.3 Å². The Balaban J connectivity index is 0.00000225. The molecule has 28 heavy (non-hydrogen) atoms. The zero-order valence-electron chi connectivity index (χ0n) is 14.9. The lowest BCUT2D eigenvalue weighted by Gasteiger charge is -2.06. The summed E-state index contributed by atoms with van der Waals surface area (Å²) in [6.45, 7) is 1.25. The highest BCUT2D eigenvalue weighted by atomic mass is 79.9. The zero-order valence-corrected chi connectivity index (χ0v) is 16.5. The summed E-state index contributed by atoms with van der Waals surface area (Å²) in [5, 5.41) is 0. The first-order chi connectivity index (χ1) is 13.0. The van der Waals surface area contributed by atoms with Gasteiger partial charge in [0.2, 0.25) is 6.33 Å². The van der Waals surface area contributed by atoms with Gasteiger partial charge in [-0.25, -0.2) is 9.13 Å². The van der Waals surface area contributed by atoms with Gasteiger partial charge in [0.05, 0.1) is 5.56 Å². The number of fused-ring (bicyclic) bond motifs is 1. The largest absolute Gasteiger partial charge is 1.00 e. The molecule has 3 aromatic carbocycles. The molecule has 2 nitrogen and oxygen atoms in total. The Bertz CT molecular complexity index is 1050. The van der Waals surface area contributed by atoms with E-state index in [4.69, 9.17) is 0 Å². The van der Waals surface area contributed by atoms with Crippen LogP contribution in [0.2, 0.25) is 0 Å². The fourth-order valence-electron chi connectivity index (χ4n) is 3.27. The second-order valence-corrected chi connectivity index (χ2v) is 6.54. The molecule has 1 aromatic heterocycles. The summed E-state index contributed by atoms with van der Waals surface area (Å²) in [6.07, 6.45) is -2.29. The minimum absolute atomic E-state index is 0. The van der Waals surface area contributed by atoms with Gasteiger partial charge in [0.25, 0.3) is 0 Å². The van der Waals surface area contributed by atoms with Gasteiger partial charge < -0.3 is 17.0 Å². The molecular formula is C22H18BrF3N2. The number of hydrogen-bond donors (Lipinski definition) is 0. The molecule has 0 spiro atoms. The van der Waals surface area contributed by atoms with E-state index in [0.717, 1.165) is 35.3 Å². The summed E-state index contributed by atoms with van der Waals surface area (Å²) < 4.78 is 42.5. The van der Waals surface area contributed by atoms with Gasteiger partial charge in [0, 0.05) is 0 Å². The maximum absolute atomic E-state index is 12.8. The number of aromatic nitrogens is 2. The third-order valence-electron chi connectivity index (χ3n) is 4.61. The lowest BCUT2D eigenvalue weighted by atomic mass is 10.1. The molecule has 0 N–H and O–H groups in total. The summed E-state index contributed by atoms with van der Waals surface area (Å²) in [6, 6.07) is 23.6. The standard InChI is InChI=1S/C22H18F3N2.BrH/c23-22(24,25)19-12-10-18(11-13-19)15-27-16-26(14-17-6-2-1-3-7-17)20-8-4-5-9-21(20)27;/h1-13,16H,14-15H2;1H/q+1;/p-1. The molecule has 0 unspecified atom stereocenters. The summed E-state index contributed by atoms with van der Waals surface area (Å²) in [4.78, 5) is 0. The molecular weight excluding hydrogens is 429 g/mol. The highest BCUT2D eigenvalue weighted by Gasteiger charge is 2.30. The molecule has 0 amide bonds. The van der Waals surface area contributed by atoms with Gasteiger partial charge in [-0.05, 0) is 35.4 Å². The number of nitrogens with zero attached hydrogens (tertiary/aromatic N) is 2. The second-order valence-electron chi connectivity index (χ2n) is 6.54. The van der Waals surface area contributed by atoms with E-state index < -0.39 is 11.7 Å². The minimum Gasteiger partial charge on any atom is -1.00 e. The van der Waals surface area contributed by atoms with Gasteiger partial charge in [-0.1, -0.05) is 54.6 Å². The van der Waals surface area contributed by atoms with Gasteiger partial charge in [0.1, 0.15) is 13.1 Å². The van der Waals surface area contributed by atoms with Crippen LogP contribution in [0, 0.1) is 0 Å². The van der Waals surface area contributed by atoms with E-state index in [0.29, 0.717) is 6.54 Å². The Morgan fingerprint density at radius 3 is 2.07 bits per heavy atom. The van der Waals surface area contributed by atoms with E-state index in [1.165, 1.54) is 5.56 Å². The predicted molar refractivity (Wildman–Crippen MR) is 98.2 cm³/mol. The first kappa shape index (κ1) is 20.1. The monoisotopic (exact) mass is 446 g/mol. The SMILES string of the molecule is FC(F)(F)c1ccc(Cn2c[n+](Cc3ccccc3)c3ccccc32)cc1.[Br-]. The third kappa shape index (κ3) is 4.28. The molecule has 0 fully saturated rings. The highest BCUT2D eigenvalue weighted by molar-refractivity contribution is 5.71. The molecule has 0 radical (unpaired) electrons. The van der Waals surface area contributed by atoms with Crippen LogP contribution >= 0.6 is 0 Å². The first-order valence-electron chi connectivity index (χ1n) is 8.68. The van der Waals surface area contributed by atoms with Crippen LogP contribution in [-0.4, -0.2) is 4.57 Å². The average molecular weight is 447 g/mol. The number of rotatable bonds is 4. The average Bonchev–Trinajstić information content (AvgIpc) is 3.00. The lowest BCUT2D eigenvalue weighted by Crippen LogP contribution is -3.00. The molecule has 0 atom stereocenters. The van der Waals surface area contributed by atoms with Crippen LogP contribution in [0.4, 0.5) is 13.2 Å². The minimum atomic E-state index is -4.31. The van der Waals surface area contributed by atoms with Crippen LogP contribution < -0.4 is 21.5 Å². The second kappa shape index (κ2) is 8.19. The van der Waals surface area contributed by atoms with E-state index in [-0.39, 0.29) is 17.0 Å². The van der Waals surface area contributed by atoms with Crippen LogP contribution in [0.15, 0.2) is 85.2 Å². The van der Waals surface area contributed by atoms with Crippen LogP contribution in [0.25, 0.3) is 11.0 Å². The van der Waals surface area contributed by atoms with Crippen molar-refractivity contribution in [2.45, 2.75) is 19.3 Å². The zero-order chi connectivity index (χ0) is 18.9. The fourth-order valence-corrected chi connectivity index (χ4v) is 3.27. The molecule has 4 aromatic rings. The fraction of sp³-hybridized carbons (Fsp3) is 0.136. The Kier molecular flexibility index (Phi) is 5.89. The number of imidazole rings is 1. The van der Waals surface area contributed by atoms with E-state index >= 15 is 0 Å². The highest BCUT2D eigenvalue weighted by Crippen LogP contribution is 2.29. The summed E-state index contributed by atoms with van der Waals surface area (Å²) in [5.74, 6) is 0. The maximum atomic E-state index is 12.8. The van der Waals surface area contributed by atoms with E-state index in [9.17, 15) is 13.2 Å². The Labute approximate surface area is 171 Å². The van der Waals surface area contributed by atoms with Gasteiger partial charge >= 0.3 is 6.18 Å². The normalized spacial score (nSPS) is 11.4. The molecule has 1 heterocycles. The lowest BCUT2D eigenvalue weighted by molar-refractivity contribution is -0.663. The smallest absolute Gasteiger partial charge is 0.416 e. The quantitative estimate of drug-likeness (QED) is 0.424. The molecule has 0 aliphatic carbocycles. The van der Waals surface area contributed by atoms with Crippen molar-refractivity contribution in [3.8, 4) is 0 Å².